The maximum Gasteiger partial charge on any atom is 0.195 e. The van der Waals surface area contributed by atoms with E-state index >= 15 is 0 Å². The largest absolute Gasteiger partial charge is 0.493 e. The third-order valence-electron chi connectivity index (χ3n) is 2.99. The molecular weight excluding hydrogens is 274 g/mol. The number of rotatable bonds is 3. The third-order valence-corrected chi connectivity index (χ3v) is 3.26. The van der Waals surface area contributed by atoms with Crippen molar-refractivity contribution in [2.45, 2.75) is 26.3 Å². The number of H-pyrrole nitrogens is 1. The van der Waals surface area contributed by atoms with Crippen LogP contribution < -0.4 is 9.47 Å². The van der Waals surface area contributed by atoms with Crippen molar-refractivity contribution < 1.29 is 9.47 Å². The molecule has 0 aliphatic carbocycles. The highest BCUT2D eigenvalue weighted by atomic mass is 32.1. The van der Waals surface area contributed by atoms with Crippen LogP contribution in [0.2, 0.25) is 0 Å². The van der Waals surface area contributed by atoms with Crippen LogP contribution in [-0.2, 0) is 5.54 Å². The van der Waals surface area contributed by atoms with Gasteiger partial charge in [0.05, 0.1) is 19.8 Å². The summed E-state index contributed by atoms with van der Waals surface area (Å²) in [4.78, 5) is 0. The van der Waals surface area contributed by atoms with Gasteiger partial charge >= 0.3 is 0 Å². The van der Waals surface area contributed by atoms with Crippen LogP contribution in [0, 0.1) is 4.77 Å². The number of aromatic nitrogens is 3. The van der Waals surface area contributed by atoms with Crippen LogP contribution in [0.25, 0.3) is 11.4 Å². The van der Waals surface area contributed by atoms with Crippen LogP contribution >= 0.6 is 12.2 Å². The van der Waals surface area contributed by atoms with Crippen molar-refractivity contribution in [1.82, 2.24) is 14.8 Å². The Morgan fingerprint density at radius 2 is 1.90 bits per heavy atom. The second-order valence-electron chi connectivity index (χ2n) is 5.40. The molecule has 6 heteroatoms. The fourth-order valence-corrected chi connectivity index (χ4v) is 2.57. The minimum Gasteiger partial charge on any atom is -0.493 e. The van der Waals surface area contributed by atoms with Gasteiger partial charge in [-0.2, -0.15) is 5.10 Å². The van der Waals surface area contributed by atoms with Crippen molar-refractivity contribution in [2.24, 2.45) is 0 Å². The van der Waals surface area contributed by atoms with E-state index < -0.39 is 0 Å². The van der Waals surface area contributed by atoms with Crippen molar-refractivity contribution in [2.75, 3.05) is 14.2 Å². The van der Waals surface area contributed by atoms with Gasteiger partial charge in [0, 0.05) is 5.54 Å². The standard InChI is InChI=1S/C14H19N3O2S/c1-14(2,3)17-12(15-16-13(17)20)9-7-6-8-10(18-4)11(9)19-5/h6-8H,1-5H3,(H,16,20). The van der Waals surface area contributed by atoms with Gasteiger partial charge in [0.2, 0.25) is 0 Å². The molecule has 0 radical (unpaired) electrons. The molecule has 1 aromatic carbocycles. The smallest absolute Gasteiger partial charge is 0.195 e. The van der Waals surface area contributed by atoms with Crippen molar-refractivity contribution in [1.29, 1.82) is 0 Å². The Balaban J connectivity index is 2.73. The van der Waals surface area contributed by atoms with E-state index in [-0.39, 0.29) is 5.54 Å². The summed E-state index contributed by atoms with van der Waals surface area (Å²) in [7, 11) is 3.23. The SMILES string of the molecule is COc1cccc(-c2n[nH]c(=S)n2C(C)(C)C)c1OC. The molecule has 0 atom stereocenters. The highest BCUT2D eigenvalue weighted by Crippen LogP contribution is 2.38. The summed E-state index contributed by atoms with van der Waals surface area (Å²) in [5.41, 5.74) is 0.655. The molecule has 1 heterocycles. The van der Waals surface area contributed by atoms with E-state index in [4.69, 9.17) is 21.7 Å². The Kier molecular flexibility index (Phi) is 3.85. The molecule has 1 N–H and O–H groups in total. The topological polar surface area (TPSA) is 52.1 Å². The number of benzene rings is 1. The zero-order chi connectivity index (χ0) is 14.9. The Bertz CT molecular complexity index is 668. The molecule has 2 aromatic rings. The van der Waals surface area contributed by atoms with Gasteiger partial charge in [0.1, 0.15) is 0 Å². The molecule has 0 aliphatic heterocycles. The molecule has 0 saturated carbocycles. The number of ether oxygens (including phenoxy) is 2. The lowest BCUT2D eigenvalue weighted by atomic mass is 10.1. The lowest BCUT2D eigenvalue weighted by Crippen LogP contribution is -2.23. The van der Waals surface area contributed by atoms with E-state index in [9.17, 15) is 0 Å². The van der Waals surface area contributed by atoms with Crippen LogP contribution in [0.4, 0.5) is 0 Å². The Hall–Kier alpha value is -1.82. The highest BCUT2D eigenvalue weighted by molar-refractivity contribution is 7.71. The predicted molar refractivity (Wildman–Crippen MR) is 80.9 cm³/mol. The fourth-order valence-electron chi connectivity index (χ4n) is 2.16. The van der Waals surface area contributed by atoms with Crippen molar-refractivity contribution >= 4 is 12.2 Å². The molecule has 0 bridgehead atoms. The second-order valence-corrected chi connectivity index (χ2v) is 5.79. The fraction of sp³-hybridized carbons (Fsp3) is 0.429. The number of nitrogens with zero attached hydrogens (tertiary/aromatic N) is 2. The van der Waals surface area contributed by atoms with Crippen molar-refractivity contribution in [3.8, 4) is 22.9 Å². The number of hydrogen-bond donors (Lipinski definition) is 1. The minimum absolute atomic E-state index is 0.187. The van der Waals surface area contributed by atoms with Gasteiger partial charge in [0.25, 0.3) is 0 Å². The molecule has 5 nitrogen and oxygen atoms in total. The average Bonchev–Trinajstić information content (AvgIpc) is 2.79. The summed E-state index contributed by atoms with van der Waals surface area (Å²) in [6.07, 6.45) is 0. The molecule has 0 spiro atoms. The molecule has 0 amide bonds. The lowest BCUT2D eigenvalue weighted by molar-refractivity contribution is 0.354. The molecule has 2 rings (SSSR count). The number of aromatic amines is 1. The zero-order valence-electron chi connectivity index (χ0n) is 12.4. The van der Waals surface area contributed by atoms with E-state index in [2.05, 4.69) is 31.0 Å². The Morgan fingerprint density at radius 1 is 1.20 bits per heavy atom. The summed E-state index contributed by atoms with van der Waals surface area (Å²) in [6, 6.07) is 5.70. The summed E-state index contributed by atoms with van der Waals surface area (Å²) in [5, 5.41) is 7.20. The van der Waals surface area contributed by atoms with Gasteiger partial charge in [-0.15, -0.1) is 0 Å². The van der Waals surface area contributed by atoms with E-state index in [1.165, 1.54) is 0 Å². The first-order valence-corrected chi connectivity index (χ1v) is 6.70. The number of hydrogen-bond acceptors (Lipinski definition) is 4. The first-order valence-electron chi connectivity index (χ1n) is 6.29. The maximum absolute atomic E-state index is 5.47. The molecular formula is C14H19N3O2S. The van der Waals surface area contributed by atoms with Crippen LogP contribution in [0.5, 0.6) is 11.5 Å². The number of nitrogens with one attached hydrogen (secondary N) is 1. The van der Waals surface area contributed by atoms with Crippen LogP contribution in [0.1, 0.15) is 20.8 Å². The summed E-state index contributed by atoms with van der Waals surface area (Å²) >= 11 is 5.33. The predicted octanol–water partition coefficient (Wildman–Crippen LogP) is 3.38. The van der Waals surface area contributed by atoms with E-state index in [1.807, 2.05) is 22.8 Å². The first-order chi connectivity index (χ1) is 9.40. The molecule has 0 fully saturated rings. The lowest BCUT2D eigenvalue weighted by Gasteiger charge is -2.23. The van der Waals surface area contributed by atoms with Gasteiger partial charge in [-0.3, -0.25) is 9.67 Å². The highest BCUT2D eigenvalue weighted by Gasteiger charge is 2.23. The molecule has 0 aliphatic rings. The zero-order valence-corrected chi connectivity index (χ0v) is 13.2. The Morgan fingerprint density at radius 3 is 2.45 bits per heavy atom. The molecule has 20 heavy (non-hydrogen) atoms. The molecule has 0 saturated heterocycles. The van der Waals surface area contributed by atoms with E-state index in [1.54, 1.807) is 14.2 Å². The molecule has 1 aromatic heterocycles. The minimum atomic E-state index is -0.187. The van der Waals surface area contributed by atoms with Gasteiger partial charge in [0.15, 0.2) is 22.1 Å². The molecule has 0 unspecified atom stereocenters. The molecule has 108 valence electrons. The first kappa shape index (κ1) is 14.6. The summed E-state index contributed by atoms with van der Waals surface area (Å²) in [6.45, 7) is 6.23. The quantitative estimate of drug-likeness (QED) is 0.881. The van der Waals surface area contributed by atoms with Gasteiger partial charge in [-0.1, -0.05) is 6.07 Å². The van der Waals surface area contributed by atoms with Gasteiger partial charge in [-0.05, 0) is 45.1 Å². The maximum atomic E-state index is 5.47. The Labute approximate surface area is 123 Å². The van der Waals surface area contributed by atoms with Crippen LogP contribution in [0.15, 0.2) is 18.2 Å². The number of methoxy groups -OCH3 is 2. The van der Waals surface area contributed by atoms with Gasteiger partial charge < -0.3 is 9.47 Å². The average molecular weight is 293 g/mol. The van der Waals surface area contributed by atoms with Gasteiger partial charge in [-0.25, -0.2) is 0 Å². The summed E-state index contributed by atoms with van der Waals surface area (Å²) < 4.78 is 13.4. The van der Waals surface area contributed by atoms with Crippen molar-refractivity contribution in [3.05, 3.63) is 23.0 Å². The third kappa shape index (κ3) is 2.43. The van der Waals surface area contributed by atoms with E-state index in [0.29, 0.717) is 16.3 Å². The van der Waals surface area contributed by atoms with E-state index in [0.717, 1.165) is 11.4 Å². The van der Waals surface area contributed by atoms with Crippen LogP contribution in [-0.4, -0.2) is 29.0 Å². The second kappa shape index (κ2) is 5.28. The van der Waals surface area contributed by atoms with Crippen molar-refractivity contribution in [3.63, 3.8) is 0 Å². The number of para-hydroxylation sites is 1. The van der Waals surface area contributed by atoms with Crippen LogP contribution in [0.3, 0.4) is 0 Å². The normalized spacial score (nSPS) is 11.4. The summed E-state index contributed by atoms with van der Waals surface area (Å²) in [5.74, 6) is 2.05. The monoisotopic (exact) mass is 293 g/mol.